The van der Waals surface area contributed by atoms with Crippen LogP contribution in [-0.2, 0) is 14.4 Å². The molecular formula is C18H24N2O6. The van der Waals surface area contributed by atoms with Gasteiger partial charge in [-0.3, -0.25) is 14.4 Å². The minimum Gasteiger partial charge on any atom is -0.497 e. The van der Waals surface area contributed by atoms with Gasteiger partial charge in [-0.25, -0.2) is 0 Å². The van der Waals surface area contributed by atoms with Crippen molar-refractivity contribution < 1.29 is 29.0 Å². The summed E-state index contributed by atoms with van der Waals surface area (Å²) >= 11 is 0. The molecular weight excluding hydrogens is 340 g/mol. The highest BCUT2D eigenvalue weighted by molar-refractivity contribution is 5.79. The smallest absolute Gasteiger partial charge is 0.303 e. The van der Waals surface area contributed by atoms with E-state index in [4.69, 9.17) is 14.6 Å². The molecule has 1 fully saturated rings. The van der Waals surface area contributed by atoms with Crippen LogP contribution in [0.5, 0.6) is 11.5 Å². The van der Waals surface area contributed by atoms with E-state index in [2.05, 4.69) is 0 Å². The monoisotopic (exact) mass is 364 g/mol. The number of carboxylic acid groups (broad SMARTS) is 1. The molecule has 0 unspecified atom stereocenters. The van der Waals surface area contributed by atoms with E-state index in [1.54, 1.807) is 41.2 Å². The summed E-state index contributed by atoms with van der Waals surface area (Å²) in [4.78, 5) is 38.1. The topological polar surface area (TPSA) is 96.4 Å². The van der Waals surface area contributed by atoms with Crippen molar-refractivity contribution in [3.63, 3.8) is 0 Å². The van der Waals surface area contributed by atoms with Gasteiger partial charge >= 0.3 is 5.97 Å². The molecule has 142 valence electrons. The second kappa shape index (κ2) is 9.65. The summed E-state index contributed by atoms with van der Waals surface area (Å²) in [6.45, 7) is 1.77. The number of methoxy groups -OCH3 is 1. The molecule has 1 aromatic carbocycles. The molecule has 0 bridgehead atoms. The van der Waals surface area contributed by atoms with Gasteiger partial charge in [-0.15, -0.1) is 0 Å². The third kappa shape index (κ3) is 5.94. The molecule has 1 N–H and O–H groups in total. The van der Waals surface area contributed by atoms with E-state index < -0.39 is 5.97 Å². The van der Waals surface area contributed by atoms with Gasteiger partial charge in [0.15, 0.2) is 6.61 Å². The Morgan fingerprint density at radius 1 is 0.923 bits per heavy atom. The molecule has 0 radical (unpaired) electrons. The number of carboxylic acids is 1. The van der Waals surface area contributed by atoms with Gasteiger partial charge in [-0.05, 0) is 30.7 Å². The molecule has 1 aliphatic rings. The van der Waals surface area contributed by atoms with E-state index in [0.29, 0.717) is 44.1 Å². The van der Waals surface area contributed by atoms with Gasteiger partial charge in [0.2, 0.25) is 5.91 Å². The SMILES string of the molecule is COc1ccc(OCC(=O)N2CCN(C(=O)CCCC(=O)O)CC2)cc1. The standard InChI is InChI=1S/C18H24N2O6/c1-25-14-5-7-15(8-6-14)26-13-17(22)20-11-9-19(10-12-20)16(21)3-2-4-18(23)24/h5-8H,2-4,9-13H2,1H3,(H,23,24). The van der Waals surface area contributed by atoms with Crippen molar-refractivity contribution in [2.75, 3.05) is 39.9 Å². The van der Waals surface area contributed by atoms with Gasteiger partial charge in [0.1, 0.15) is 11.5 Å². The molecule has 0 aromatic heterocycles. The molecule has 1 saturated heterocycles. The number of benzene rings is 1. The first kappa shape index (κ1) is 19.6. The fourth-order valence-electron chi connectivity index (χ4n) is 2.66. The highest BCUT2D eigenvalue weighted by Gasteiger charge is 2.24. The maximum atomic E-state index is 12.2. The Hall–Kier alpha value is -2.77. The van der Waals surface area contributed by atoms with Crippen molar-refractivity contribution in [2.24, 2.45) is 0 Å². The average molecular weight is 364 g/mol. The van der Waals surface area contributed by atoms with Crippen molar-refractivity contribution >= 4 is 17.8 Å². The maximum absolute atomic E-state index is 12.2. The van der Waals surface area contributed by atoms with Crippen LogP contribution in [0, 0.1) is 0 Å². The fraction of sp³-hybridized carbons (Fsp3) is 0.500. The third-order valence-electron chi connectivity index (χ3n) is 4.19. The van der Waals surface area contributed by atoms with Crippen LogP contribution < -0.4 is 9.47 Å². The quantitative estimate of drug-likeness (QED) is 0.739. The Morgan fingerprint density at radius 2 is 1.46 bits per heavy atom. The van der Waals surface area contributed by atoms with Gasteiger partial charge in [0, 0.05) is 39.0 Å². The lowest BCUT2D eigenvalue weighted by molar-refractivity contribution is -0.141. The molecule has 2 amide bonds. The number of ether oxygens (including phenoxy) is 2. The first-order valence-electron chi connectivity index (χ1n) is 8.54. The molecule has 0 spiro atoms. The number of carbonyl (C=O) groups excluding carboxylic acids is 2. The van der Waals surface area contributed by atoms with E-state index >= 15 is 0 Å². The van der Waals surface area contributed by atoms with Gasteiger partial charge in [-0.1, -0.05) is 0 Å². The fourth-order valence-corrected chi connectivity index (χ4v) is 2.66. The van der Waals surface area contributed by atoms with Crippen LogP contribution in [0.4, 0.5) is 0 Å². The molecule has 0 atom stereocenters. The lowest BCUT2D eigenvalue weighted by Crippen LogP contribution is -2.51. The first-order chi connectivity index (χ1) is 12.5. The summed E-state index contributed by atoms with van der Waals surface area (Å²) in [5.41, 5.74) is 0. The number of carbonyl (C=O) groups is 3. The molecule has 2 rings (SSSR count). The van der Waals surface area contributed by atoms with Gasteiger partial charge in [0.05, 0.1) is 7.11 Å². The molecule has 8 nitrogen and oxygen atoms in total. The summed E-state index contributed by atoms with van der Waals surface area (Å²) in [5, 5.41) is 8.60. The van der Waals surface area contributed by atoms with E-state index in [9.17, 15) is 14.4 Å². The third-order valence-corrected chi connectivity index (χ3v) is 4.19. The maximum Gasteiger partial charge on any atom is 0.303 e. The van der Waals surface area contributed by atoms with E-state index in [-0.39, 0.29) is 31.3 Å². The van der Waals surface area contributed by atoms with Gasteiger partial charge in [0.25, 0.3) is 5.91 Å². The summed E-state index contributed by atoms with van der Waals surface area (Å²) in [6.07, 6.45) is 0.552. The zero-order valence-electron chi connectivity index (χ0n) is 14.8. The van der Waals surface area contributed by atoms with Crippen molar-refractivity contribution in [2.45, 2.75) is 19.3 Å². The number of aliphatic carboxylic acids is 1. The summed E-state index contributed by atoms with van der Waals surface area (Å²) in [6, 6.07) is 6.99. The lowest BCUT2D eigenvalue weighted by atomic mass is 10.2. The summed E-state index contributed by atoms with van der Waals surface area (Å²) < 4.78 is 10.6. The van der Waals surface area contributed by atoms with Crippen molar-refractivity contribution in [3.8, 4) is 11.5 Å². The minimum absolute atomic E-state index is 0.00705. The van der Waals surface area contributed by atoms with Crippen LogP contribution in [-0.4, -0.2) is 72.6 Å². The number of hydrogen-bond acceptors (Lipinski definition) is 5. The number of rotatable bonds is 8. The Bertz CT molecular complexity index is 623. The van der Waals surface area contributed by atoms with E-state index in [1.807, 2.05) is 0 Å². The first-order valence-corrected chi connectivity index (χ1v) is 8.54. The highest BCUT2D eigenvalue weighted by atomic mass is 16.5. The van der Waals surface area contributed by atoms with Crippen LogP contribution in [0.1, 0.15) is 19.3 Å². The predicted octanol–water partition coefficient (Wildman–Crippen LogP) is 1.000. The molecule has 8 heteroatoms. The molecule has 26 heavy (non-hydrogen) atoms. The molecule has 0 saturated carbocycles. The molecule has 1 aromatic rings. The van der Waals surface area contributed by atoms with E-state index in [1.165, 1.54) is 0 Å². The average Bonchev–Trinajstić information content (AvgIpc) is 2.66. The van der Waals surface area contributed by atoms with Gasteiger partial charge < -0.3 is 24.4 Å². The summed E-state index contributed by atoms with van der Waals surface area (Å²) in [5.74, 6) is 0.218. The zero-order valence-corrected chi connectivity index (χ0v) is 14.8. The minimum atomic E-state index is -0.898. The Morgan fingerprint density at radius 3 is 2.00 bits per heavy atom. The predicted molar refractivity (Wildman–Crippen MR) is 93.1 cm³/mol. The number of piperazine rings is 1. The van der Waals surface area contributed by atoms with Crippen LogP contribution in [0.3, 0.4) is 0 Å². The number of nitrogens with zero attached hydrogens (tertiary/aromatic N) is 2. The Labute approximate surface area is 152 Å². The number of hydrogen-bond donors (Lipinski definition) is 1. The Balaban J connectivity index is 1.70. The second-order valence-corrected chi connectivity index (χ2v) is 5.97. The zero-order chi connectivity index (χ0) is 18.9. The van der Waals surface area contributed by atoms with E-state index in [0.717, 1.165) is 0 Å². The molecule has 0 aliphatic carbocycles. The highest BCUT2D eigenvalue weighted by Crippen LogP contribution is 2.17. The van der Waals surface area contributed by atoms with Crippen molar-refractivity contribution in [1.29, 1.82) is 0 Å². The van der Waals surface area contributed by atoms with Crippen LogP contribution in [0.25, 0.3) is 0 Å². The lowest BCUT2D eigenvalue weighted by Gasteiger charge is -2.34. The van der Waals surface area contributed by atoms with Crippen LogP contribution >= 0.6 is 0 Å². The molecule has 1 heterocycles. The largest absolute Gasteiger partial charge is 0.497 e. The van der Waals surface area contributed by atoms with Crippen LogP contribution in [0.15, 0.2) is 24.3 Å². The van der Waals surface area contributed by atoms with Gasteiger partial charge in [-0.2, -0.15) is 0 Å². The van der Waals surface area contributed by atoms with Crippen LogP contribution in [0.2, 0.25) is 0 Å². The Kier molecular flexibility index (Phi) is 7.25. The normalized spacial score (nSPS) is 14.0. The summed E-state index contributed by atoms with van der Waals surface area (Å²) in [7, 11) is 1.58. The van der Waals surface area contributed by atoms with Crippen molar-refractivity contribution in [1.82, 2.24) is 9.80 Å². The van der Waals surface area contributed by atoms with Crippen molar-refractivity contribution in [3.05, 3.63) is 24.3 Å². The number of amides is 2. The second-order valence-electron chi connectivity index (χ2n) is 5.97. The molecule has 1 aliphatic heterocycles.